The van der Waals surface area contributed by atoms with Gasteiger partial charge in [0.15, 0.2) is 11.5 Å². The summed E-state index contributed by atoms with van der Waals surface area (Å²) in [6.45, 7) is 0.466. The number of ether oxygens (including phenoxy) is 3. The first-order valence-electron chi connectivity index (χ1n) is 10.9. The summed E-state index contributed by atoms with van der Waals surface area (Å²) in [5.41, 5.74) is 10.3. The lowest BCUT2D eigenvalue weighted by Crippen LogP contribution is -2.21. The molecule has 0 saturated heterocycles. The third-order valence-electron chi connectivity index (χ3n) is 5.87. The Morgan fingerprint density at radius 1 is 1.11 bits per heavy atom. The van der Waals surface area contributed by atoms with E-state index in [1.165, 1.54) is 13.2 Å². The minimum absolute atomic E-state index is 0.00231. The Morgan fingerprint density at radius 2 is 1.89 bits per heavy atom. The highest BCUT2D eigenvalue weighted by Gasteiger charge is 2.36. The number of nitriles is 1. The molecule has 0 amide bonds. The first-order valence-corrected chi connectivity index (χ1v) is 10.9. The van der Waals surface area contributed by atoms with Crippen molar-refractivity contribution < 1.29 is 19.3 Å². The minimum Gasteiger partial charge on any atom is -0.504 e. The van der Waals surface area contributed by atoms with Crippen LogP contribution in [-0.2, 0) is 6.61 Å². The van der Waals surface area contributed by atoms with Crippen LogP contribution >= 0.6 is 0 Å². The quantitative estimate of drug-likeness (QED) is 0.379. The number of aromatic nitrogens is 2. The molecule has 1 aliphatic rings. The first-order chi connectivity index (χ1) is 17.1. The fraction of sp³-hybridized carbons (Fsp3) is 0.111. The van der Waals surface area contributed by atoms with Crippen molar-refractivity contribution in [3.8, 4) is 40.5 Å². The highest BCUT2D eigenvalue weighted by molar-refractivity contribution is 5.71. The van der Waals surface area contributed by atoms with Gasteiger partial charge in [-0.3, -0.25) is 5.10 Å². The van der Waals surface area contributed by atoms with E-state index in [1.807, 2.05) is 54.6 Å². The molecule has 3 aromatic carbocycles. The van der Waals surface area contributed by atoms with Crippen LogP contribution in [0.5, 0.6) is 23.1 Å². The first kappa shape index (κ1) is 21.9. The summed E-state index contributed by atoms with van der Waals surface area (Å²) in [6, 6.07) is 24.6. The maximum atomic E-state index is 10.1. The van der Waals surface area contributed by atoms with Crippen molar-refractivity contribution >= 4 is 0 Å². The fourth-order valence-electron chi connectivity index (χ4n) is 4.13. The second-order valence-electron chi connectivity index (χ2n) is 7.97. The van der Waals surface area contributed by atoms with Crippen molar-refractivity contribution in [2.45, 2.75) is 12.5 Å². The molecular formula is C27H22N4O4. The molecule has 0 spiro atoms. The summed E-state index contributed by atoms with van der Waals surface area (Å²) in [6.07, 6.45) is 0. The smallest absolute Gasteiger partial charge is 0.244 e. The van der Waals surface area contributed by atoms with Gasteiger partial charge >= 0.3 is 0 Å². The number of allylic oxidation sites excluding steroid dienone is 1. The monoisotopic (exact) mass is 466 g/mol. The van der Waals surface area contributed by atoms with Crippen LogP contribution in [0.3, 0.4) is 0 Å². The third kappa shape index (κ3) is 4.11. The molecule has 0 fully saturated rings. The fourth-order valence-corrected chi connectivity index (χ4v) is 4.13. The van der Waals surface area contributed by atoms with Gasteiger partial charge in [0.1, 0.15) is 24.0 Å². The molecule has 8 heteroatoms. The van der Waals surface area contributed by atoms with Crippen molar-refractivity contribution in [2.24, 2.45) is 5.73 Å². The van der Waals surface area contributed by atoms with E-state index >= 15 is 0 Å². The summed E-state index contributed by atoms with van der Waals surface area (Å²) >= 11 is 0. The molecule has 0 saturated carbocycles. The third-order valence-corrected chi connectivity index (χ3v) is 5.87. The molecule has 174 valence electrons. The molecular weight excluding hydrogens is 444 g/mol. The second-order valence-corrected chi connectivity index (χ2v) is 7.97. The zero-order chi connectivity index (χ0) is 24.4. The lowest BCUT2D eigenvalue weighted by atomic mass is 9.83. The van der Waals surface area contributed by atoms with E-state index in [1.54, 1.807) is 12.1 Å². The van der Waals surface area contributed by atoms with Gasteiger partial charge in [-0.1, -0.05) is 36.4 Å². The Morgan fingerprint density at radius 3 is 2.60 bits per heavy atom. The zero-order valence-corrected chi connectivity index (χ0v) is 18.9. The largest absolute Gasteiger partial charge is 0.504 e. The molecule has 0 bridgehead atoms. The SMILES string of the molecule is COc1cc([C@H]2C(C#N)=C(N)Oc3n[nH]c(-c4ccc(OCc5ccccc5)cc4)c32)ccc1O. The summed E-state index contributed by atoms with van der Waals surface area (Å²) in [5, 5.41) is 27.3. The normalized spacial score (nSPS) is 14.6. The number of H-pyrrole nitrogens is 1. The van der Waals surface area contributed by atoms with Crippen LogP contribution in [0.1, 0.15) is 22.6 Å². The molecule has 1 aromatic heterocycles. The van der Waals surface area contributed by atoms with Gasteiger partial charge in [0.25, 0.3) is 0 Å². The summed E-state index contributed by atoms with van der Waals surface area (Å²) in [4.78, 5) is 0. The molecule has 4 N–H and O–H groups in total. The lowest BCUT2D eigenvalue weighted by molar-refractivity contribution is 0.306. The Balaban J connectivity index is 1.51. The number of hydrogen-bond acceptors (Lipinski definition) is 7. The lowest BCUT2D eigenvalue weighted by Gasteiger charge is -2.24. The number of methoxy groups -OCH3 is 1. The maximum absolute atomic E-state index is 10.1. The molecule has 8 nitrogen and oxygen atoms in total. The Bertz CT molecular complexity index is 1440. The van der Waals surface area contributed by atoms with Gasteiger partial charge in [0, 0.05) is 5.56 Å². The van der Waals surface area contributed by atoms with E-state index in [0.29, 0.717) is 23.4 Å². The van der Waals surface area contributed by atoms with Crippen LogP contribution in [0.2, 0.25) is 0 Å². The highest BCUT2D eigenvalue weighted by atomic mass is 16.5. The van der Waals surface area contributed by atoms with E-state index in [4.69, 9.17) is 19.9 Å². The van der Waals surface area contributed by atoms with E-state index in [0.717, 1.165) is 16.9 Å². The topological polar surface area (TPSA) is 126 Å². The molecule has 2 heterocycles. The summed E-state index contributed by atoms with van der Waals surface area (Å²) < 4.78 is 16.8. The molecule has 0 radical (unpaired) electrons. The van der Waals surface area contributed by atoms with Gasteiger partial charge in [-0.05, 0) is 47.5 Å². The number of nitrogens with one attached hydrogen (secondary N) is 1. The van der Waals surface area contributed by atoms with Gasteiger partial charge < -0.3 is 25.1 Å². The van der Waals surface area contributed by atoms with Crippen LogP contribution in [-0.4, -0.2) is 22.4 Å². The Kier molecular flexibility index (Phi) is 5.73. The molecule has 5 rings (SSSR count). The molecule has 0 aliphatic carbocycles. The maximum Gasteiger partial charge on any atom is 0.244 e. The van der Waals surface area contributed by atoms with E-state index in [2.05, 4.69) is 16.3 Å². The number of rotatable bonds is 6. The van der Waals surface area contributed by atoms with Crippen LogP contribution in [0.4, 0.5) is 0 Å². The number of aromatic hydroxyl groups is 1. The molecule has 1 aliphatic heterocycles. The van der Waals surface area contributed by atoms with E-state index in [9.17, 15) is 10.4 Å². The number of hydrogen-bond donors (Lipinski definition) is 3. The Labute approximate surface area is 201 Å². The van der Waals surface area contributed by atoms with E-state index in [-0.39, 0.29) is 28.8 Å². The van der Waals surface area contributed by atoms with Crippen LogP contribution in [0.15, 0.2) is 84.3 Å². The number of nitrogens with zero attached hydrogens (tertiary/aromatic N) is 2. The molecule has 4 aromatic rings. The van der Waals surface area contributed by atoms with Gasteiger partial charge in [-0.25, -0.2) is 0 Å². The van der Waals surface area contributed by atoms with Crippen LogP contribution in [0.25, 0.3) is 11.3 Å². The molecule has 35 heavy (non-hydrogen) atoms. The number of aromatic amines is 1. The summed E-state index contributed by atoms with van der Waals surface area (Å²) in [5.74, 6) is 0.719. The van der Waals surface area contributed by atoms with Crippen molar-refractivity contribution in [2.75, 3.05) is 7.11 Å². The zero-order valence-electron chi connectivity index (χ0n) is 18.9. The number of benzene rings is 3. The predicted molar refractivity (Wildman–Crippen MR) is 129 cm³/mol. The average Bonchev–Trinajstić information content (AvgIpc) is 3.31. The van der Waals surface area contributed by atoms with Crippen molar-refractivity contribution in [3.05, 3.63) is 101 Å². The highest BCUT2D eigenvalue weighted by Crippen LogP contribution is 2.47. The van der Waals surface area contributed by atoms with Crippen LogP contribution in [0, 0.1) is 11.3 Å². The minimum atomic E-state index is -0.569. The Hall–Kier alpha value is -4.90. The second kappa shape index (κ2) is 9.15. The van der Waals surface area contributed by atoms with Crippen molar-refractivity contribution in [3.63, 3.8) is 0 Å². The standard InChI is InChI=1S/C27H22N4O4/c1-33-22-13-18(9-12-21(22)32)23-20(14-28)26(29)35-27-24(23)25(30-31-27)17-7-10-19(11-8-17)34-15-16-5-3-2-4-6-16/h2-13,23,32H,15,29H2,1H3,(H,30,31)/t23-/m0/s1. The van der Waals surface area contributed by atoms with Gasteiger partial charge in [-0.15, -0.1) is 5.10 Å². The number of phenolic OH excluding ortho intramolecular Hbond substituents is 1. The van der Waals surface area contributed by atoms with Gasteiger partial charge in [0.2, 0.25) is 11.8 Å². The van der Waals surface area contributed by atoms with Crippen molar-refractivity contribution in [1.29, 1.82) is 5.26 Å². The number of phenols is 1. The summed E-state index contributed by atoms with van der Waals surface area (Å²) in [7, 11) is 1.47. The number of fused-ring (bicyclic) bond motifs is 1. The van der Waals surface area contributed by atoms with Crippen molar-refractivity contribution in [1.82, 2.24) is 10.2 Å². The van der Waals surface area contributed by atoms with Gasteiger partial charge in [0.05, 0.1) is 24.3 Å². The molecule has 0 unspecified atom stereocenters. The molecule has 1 atom stereocenters. The predicted octanol–water partition coefficient (Wildman–Crippen LogP) is 4.59. The van der Waals surface area contributed by atoms with Gasteiger partial charge in [-0.2, -0.15) is 5.26 Å². The van der Waals surface area contributed by atoms with E-state index < -0.39 is 5.92 Å². The average molecular weight is 466 g/mol. The number of nitrogens with two attached hydrogens (primary N) is 1. The van der Waals surface area contributed by atoms with Crippen LogP contribution < -0.4 is 19.9 Å².